The zero-order valence-corrected chi connectivity index (χ0v) is 17.9. The average Bonchev–Trinajstić information content (AvgIpc) is 3.24. The molecule has 9 heteroatoms. The Bertz CT molecular complexity index is 1440. The molecule has 162 valence electrons. The third-order valence-corrected chi connectivity index (χ3v) is 5.29. The normalized spacial score (nSPS) is 11.7. The van der Waals surface area contributed by atoms with Crippen LogP contribution in [-0.4, -0.2) is 30.3 Å². The lowest BCUT2D eigenvalue weighted by atomic mass is 10.0. The van der Waals surface area contributed by atoms with Gasteiger partial charge in [-0.25, -0.2) is 15.2 Å². The maximum Gasteiger partial charge on any atom is 0.332 e. The number of nitrogens with zero attached hydrogens (tertiary/aromatic N) is 5. The van der Waals surface area contributed by atoms with Gasteiger partial charge in [-0.2, -0.15) is 5.10 Å². The minimum absolute atomic E-state index is 0.159. The van der Waals surface area contributed by atoms with Crippen molar-refractivity contribution in [3.05, 3.63) is 87.3 Å². The summed E-state index contributed by atoms with van der Waals surface area (Å²) >= 11 is 0. The third kappa shape index (κ3) is 3.87. The number of carbonyl (C=O) groups excluding carboxylic acids is 1. The van der Waals surface area contributed by atoms with Gasteiger partial charge in [-0.3, -0.25) is 18.7 Å². The first-order chi connectivity index (χ1) is 15.4. The number of fused-ring (bicyclic) bond motifs is 1. The summed E-state index contributed by atoms with van der Waals surface area (Å²) in [6.45, 7) is 1.64. The number of amides is 1. The highest BCUT2D eigenvalue weighted by Crippen LogP contribution is 2.19. The van der Waals surface area contributed by atoms with Crippen molar-refractivity contribution in [2.45, 2.75) is 13.5 Å². The van der Waals surface area contributed by atoms with Gasteiger partial charge in [-0.1, -0.05) is 54.6 Å². The molecular weight excluding hydrogens is 408 g/mol. The summed E-state index contributed by atoms with van der Waals surface area (Å²) < 4.78 is 3.66. The van der Waals surface area contributed by atoms with E-state index in [2.05, 4.69) is 15.5 Å². The van der Waals surface area contributed by atoms with Crippen LogP contribution >= 0.6 is 0 Å². The number of hydrazone groups is 1. The van der Waals surface area contributed by atoms with E-state index in [4.69, 9.17) is 0 Å². The molecule has 0 fully saturated rings. The van der Waals surface area contributed by atoms with Gasteiger partial charge in [0, 0.05) is 14.1 Å². The van der Waals surface area contributed by atoms with Crippen molar-refractivity contribution >= 4 is 22.8 Å². The summed E-state index contributed by atoms with van der Waals surface area (Å²) in [5.41, 5.74) is 5.67. The van der Waals surface area contributed by atoms with Crippen LogP contribution in [0, 0.1) is 0 Å². The van der Waals surface area contributed by atoms with Gasteiger partial charge in [-0.05, 0) is 23.6 Å². The van der Waals surface area contributed by atoms with Crippen LogP contribution in [0.5, 0.6) is 0 Å². The Balaban J connectivity index is 1.49. The summed E-state index contributed by atoms with van der Waals surface area (Å²) in [6, 6.07) is 17.9. The predicted octanol–water partition coefficient (Wildman–Crippen LogP) is 1.64. The van der Waals surface area contributed by atoms with Crippen molar-refractivity contribution in [2.75, 3.05) is 0 Å². The van der Waals surface area contributed by atoms with Crippen LogP contribution in [0.15, 0.2) is 75.6 Å². The molecule has 9 nitrogen and oxygen atoms in total. The number of nitrogens with one attached hydrogen (secondary N) is 1. The molecule has 2 aromatic carbocycles. The molecule has 2 heterocycles. The van der Waals surface area contributed by atoms with E-state index in [9.17, 15) is 14.4 Å². The second kappa shape index (κ2) is 8.46. The van der Waals surface area contributed by atoms with E-state index in [1.165, 1.54) is 29.6 Å². The van der Waals surface area contributed by atoms with Crippen LogP contribution in [0.25, 0.3) is 22.3 Å². The number of aromatic nitrogens is 4. The number of benzene rings is 2. The highest BCUT2D eigenvalue weighted by molar-refractivity contribution is 5.99. The number of carbonyl (C=O) groups is 1. The fraction of sp³-hybridized carbons (Fsp3) is 0.174. The third-order valence-electron chi connectivity index (χ3n) is 5.29. The van der Waals surface area contributed by atoms with Crippen molar-refractivity contribution in [3.63, 3.8) is 0 Å². The molecule has 0 radical (unpaired) electrons. The van der Waals surface area contributed by atoms with E-state index in [0.717, 1.165) is 21.3 Å². The second-order valence-corrected chi connectivity index (χ2v) is 7.43. The molecule has 32 heavy (non-hydrogen) atoms. The number of rotatable bonds is 5. The van der Waals surface area contributed by atoms with Gasteiger partial charge in [0.2, 0.25) is 0 Å². The molecule has 0 aliphatic carbocycles. The maximum atomic E-state index is 12.5. The van der Waals surface area contributed by atoms with E-state index in [-0.39, 0.29) is 17.7 Å². The highest BCUT2D eigenvalue weighted by Gasteiger charge is 2.15. The highest BCUT2D eigenvalue weighted by atomic mass is 16.2. The summed E-state index contributed by atoms with van der Waals surface area (Å²) in [6.07, 6.45) is 1.37. The Morgan fingerprint density at radius 1 is 0.969 bits per heavy atom. The molecule has 0 saturated carbocycles. The van der Waals surface area contributed by atoms with Gasteiger partial charge in [0.25, 0.3) is 11.5 Å². The maximum absolute atomic E-state index is 12.5. The fourth-order valence-electron chi connectivity index (χ4n) is 3.45. The van der Waals surface area contributed by atoms with Crippen molar-refractivity contribution in [1.29, 1.82) is 0 Å². The largest absolute Gasteiger partial charge is 0.332 e. The molecule has 0 bridgehead atoms. The first-order valence-electron chi connectivity index (χ1n) is 9.96. The number of imidazole rings is 1. The van der Waals surface area contributed by atoms with E-state index in [1.54, 1.807) is 6.92 Å². The Kier molecular flexibility index (Phi) is 5.55. The molecule has 0 atom stereocenters. The summed E-state index contributed by atoms with van der Waals surface area (Å²) in [4.78, 5) is 41.0. The van der Waals surface area contributed by atoms with Crippen LogP contribution in [-0.2, 0) is 25.4 Å². The standard InChI is InChI=1S/C23H22N6O3/c1-15(16-9-11-18(12-10-16)17-7-5-4-6-8-17)25-26-19(30)13-29-14-24-21-20(29)22(31)28(3)23(32)27(21)2/h4-12,14H,13H2,1-3H3,(H,26,30)/b25-15-. The van der Waals surface area contributed by atoms with Crippen LogP contribution in [0.2, 0.25) is 0 Å². The molecule has 1 N–H and O–H groups in total. The van der Waals surface area contributed by atoms with Crippen molar-refractivity contribution < 1.29 is 4.79 Å². The lowest BCUT2D eigenvalue weighted by molar-refractivity contribution is -0.121. The summed E-state index contributed by atoms with van der Waals surface area (Å²) in [5.74, 6) is -0.416. The lowest BCUT2D eigenvalue weighted by Gasteiger charge is -2.07. The molecule has 1 amide bonds. The topological polar surface area (TPSA) is 103 Å². The van der Waals surface area contributed by atoms with Crippen LogP contribution in [0.4, 0.5) is 0 Å². The number of hydrogen-bond acceptors (Lipinski definition) is 5. The van der Waals surface area contributed by atoms with E-state index < -0.39 is 17.2 Å². The Morgan fingerprint density at radius 2 is 1.62 bits per heavy atom. The van der Waals surface area contributed by atoms with Gasteiger partial charge in [0.05, 0.1) is 12.0 Å². The molecule has 0 unspecified atom stereocenters. The smallest absolute Gasteiger partial charge is 0.315 e. The van der Waals surface area contributed by atoms with Gasteiger partial charge in [0.1, 0.15) is 6.54 Å². The average molecular weight is 430 g/mol. The summed E-state index contributed by atoms with van der Waals surface area (Å²) in [7, 11) is 2.91. The fourth-order valence-corrected chi connectivity index (χ4v) is 3.45. The number of aryl methyl sites for hydroxylation is 1. The van der Waals surface area contributed by atoms with E-state index in [1.807, 2.05) is 54.6 Å². The molecule has 4 aromatic rings. The van der Waals surface area contributed by atoms with Crippen LogP contribution in [0.3, 0.4) is 0 Å². The van der Waals surface area contributed by atoms with Crippen molar-refractivity contribution in [2.24, 2.45) is 19.2 Å². The Labute approximate surface area is 183 Å². The first-order valence-corrected chi connectivity index (χ1v) is 9.96. The van der Waals surface area contributed by atoms with E-state index in [0.29, 0.717) is 5.71 Å². The van der Waals surface area contributed by atoms with E-state index >= 15 is 0 Å². The minimum atomic E-state index is -0.508. The molecule has 2 aromatic heterocycles. The second-order valence-electron chi connectivity index (χ2n) is 7.43. The molecule has 0 aliphatic heterocycles. The molecule has 4 rings (SSSR count). The van der Waals surface area contributed by atoms with Crippen LogP contribution in [0.1, 0.15) is 12.5 Å². The Hall–Kier alpha value is -4.27. The predicted molar refractivity (Wildman–Crippen MR) is 122 cm³/mol. The van der Waals surface area contributed by atoms with Gasteiger partial charge in [0.15, 0.2) is 11.2 Å². The lowest BCUT2D eigenvalue weighted by Crippen LogP contribution is -2.38. The van der Waals surface area contributed by atoms with Crippen LogP contribution < -0.4 is 16.7 Å². The zero-order chi connectivity index (χ0) is 22.8. The molecular formula is C23H22N6O3. The monoisotopic (exact) mass is 430 g/mol. The van der Waals surface area contributed by atoms with Gasteiger partial charge < -0.3 is 4.57 Å². The quantitative estimate of drug-likeness (QED) is 0.384. The Morgan fingerprint density at radius 3 is 2.31 bits per heavy atom. The molecule has 0 saturated heterocycles. The van der Waals surface area contributed by atoms with Gasteiger partial charge >= 0.3 is 5.69 Å². The zero-order valence-electron chi connectivity index (χ0n) is 17.9. The molecule has 0 aliphatic rings. The van der Waals surface area contributed by atoms with Crippen molar-refractivity contribution in [1.82, 2.24) is 24.1 Å². The SMILES string of the molecule is C/C(=N/NC(=O)Cn1cnc2c1c(=O)n(C)c(=O)n2C)c1ccc(-c2ccccc2)cc1. The molecule has 0 spiro atoms. The minimum Gasteiger partial charge on any atom is -0.315 e. The number of hydrogen-bond donors (Lipinski definition) is 1. The van der Waals surface area contributed by atoms with Crippen molar-refractivity contribution in [3.8, 4) is 11.1 Å². The summed E-state index contributed by atoms with van der Waals surface area (Å²) in [5, 5.41) is 4.17. The van der Waals surface area contributed by atoms with Gasteiger partial charge in [-0.15, -0.1) is 0 Å². The first kappa shape index (κ1) is 21.0.